The zero-order chi connectivity index (χ0) is 18.6. The van der Waals surface area contributed by atoms with Crippen LogP contribution in [0.1, 0.15) is 19.4 Å². The van der Waals surface area contributed by atoms with E-state index in [1.807, 2.05) is 19.1 Å². The van der Waals surface area contributed by atoms with Crippen molar-refractivity contribution in [3.05, 3.63) is 59.9 Å². The smallest absolute Gasteiger partial charge is 0.248 e. The number of rotatable bonds is 6. The minimum atomic E-state index is -3.78. The maximum atomic E-state index is 13.5. The van der Waals surface area contributed by atoms with Crippen molar-refractivity contribution in [1.29, 1.82) is 0 Å². The number of carbonyl (C=O) groups excluding carboxylic acids is 1. The molecule has 0 aliphatic rings. The molecule has 0 radical (unpaired) electrons. The van der Waals surface area contributed by atoms with Crippen LogP contribution in [0, 0.1) is 5.82 Å². The lowest BCUT2D eigenvalue weighted by Crippen LogP contribution is -2.45. The van der Waals surface area contributed by atoms with E-state index in [0.717, 1.165) is 28.6 Å². The van der Waals surface area contributed by atoms with E-state index >= 15 is 0 Å². The largest absolute Gasteiger partial charge is 0.324 e. The molecule has 0 spiro atoms. The summed E-state index contributed by atoms with van der Waals surface area (Å²) >= 11 is 0. The molecule has 25 heavy (non-hydrogen) atoms. The highest BCUT2D eigenvalue weighted by Crippen LogP contribution is 2.23. The summed E-state index contributed by atoms with van der Waals surface area (Å²) in [5.74, 6) is -1.06. The predicted molar refractivity (Wildman–Crippen MR) is 97.6 cm³/mol. The Hall–Kier alpha value is -2.41. The Labute approximate surface area is 147 Å². The van der Waals surface area contributed by atoms with Gasteiger partial charge in [-0.05, 0) is 43.2 Å². The molecule has 2 aromatic rings. The number of carbonyl (C=O) groups is 1. The van der Waals surface area contributed by atoms with Crippen molar-refractivity contribution in [2.24, 2.45) is 0 Å². The molecule has 0 saturated carbocycles. The third kappa shape index (κ3) is 4.57. The first-order chi connectivity index (χ1) is 11.7. The fourth-order valence-corrected chi connectivity index (χ4v) is 3.78. The van der Waals surface area contributed by atoms with Gasteiger partial charge in [0.1, 0.15) is 11.9 Å². The predicted octanol–water partition coefficient (Wildman–Crippen LogP) is 3.18. The van der Waals surface area contributed by atoms with Crippen LogP contribution in [0.25, 0.3) is 0 Å². The Morgan fingerprint density at radius 1 is 1.20 bits per heavy atom. The van der Waals surface area contributed by atoms with Gasteiger partial charge in [-0.25, -0.2) is 12.8 Å². The van der Waals surface area contributed by atoms with Gasteiger partial charge < -0.3 is 5.32 Å². The monoisotopic (exact) mass is 364 g/mol. The van der Waals surface area contributed by atoms with Crippen molar-refractivity contribution < 1.29 is 17.6 Å². The molecule has 0 fully saturated rings. The second kappa shape index (κ2) is 7.65. The van der Waals surface area contributed by atoms with E-state index in [9.17, 15) is 17.6 Å². The van der Waals surface area contributed by atoms with E-state index in [2.05, 4.69) is 5.32 Å². The summed E-state index contributed by atoms with van der Waals surface area (Å²) in [7, 11) is -3.78. The molecule has 0 aliphatic carbocycles. The molecule has 2 aromatic carbocycles. The number of para-hydroxylation sites is 1. The number of nitrogens with zero attached hydrogens (tertiary/aromatic N) is 1. The average Bonchev–Trinajstić information content (AvgIpc) is 2.54. The quantitative estimate of drug-likeness (QED) is 0.856. The number of amides is 1. The van der Waals surface area contributed by atoms with Crippen LogP contribution in [0.15, 0.2) is 48.5 Å². The molecule has 2 rings (SSSR count). The van der Waals surface area contributed by atoms with Gasteiger partial charge >= 0.3 is 0 Å². The Balaban J connectivity index is 2.33. The van der Waals surface area contributed by atoms with E-state index in [4.69, 9.17) is 0 Å². The van der Waals surface area contributed by atoms with Gasteiger partial charge in [0.25, 0.3) is 0 Å². The number of halogens is 1. The molecule has 5 nitrogen and oxygen atoms in total. The first kappa shape index (κ1) is 18.9. The van der Waals surface area contributed by atoms with E-state index in [1.54, 1.807) is 12.1 Å². The number of anilines is 2. The number of nitrogens with one attached hydrogen (secondary N) is 1. The van der Waals surface area contributed by atoms with Gasteiger partial charge in [0.05, 0.1) is 11.9 Å². The lowest BCUT2D eigenvalue weighted by Gasteiger charge is -2.28. The molecule has 1 amide bonds. The number of benzene rings is 2. The Morgan fingerprint density at radius 3 is 2.48 bits per heavy atom. The zero-order valence-corrected chi connectivity index (χ0v) is 15.2. The van der Waals surface area contributed by atoms with E-state index in [1.165, 1.54) is 25.1 Å². The first-order valence-corrected chi connectivity index (χ1v) is 9.72. The van der Waals surface area contributed by atoms with Crippen LogP contribution < -0.4 is 9.62 Å². The van der Waals surface area contributed by atoms with Crippen LogP contribution in [0.4, 0.5) is 15.8 Å². The summed E-state index contributed by atoms with van der Waals surface area (Å²) in [5, 5.41) is 2.76. The number of aryl methyl sites for hydroxylation is 1. The molecular formula is C18H21FN2O3S. The van der Waals surface area contributed by atoms with Gasteiger partial charge in [-0.3, -0.25) is 9.10 Å². The molecule has 0 aliphatic heterocycles. The zero-order valence-electron chi connectivity index (χ0n) is 14.4. The van der Waals surface area contributed by atoms with E-state index in [0.29, 0.717) is 5.69 Å². The summed E-state index contributed by atoms with van der Waals surface area (Å²) in [6.07, 6.45) is 1.71. The summed E-state index contributed by atoms with van der Waals surface area (Å²) in [6.45, 7) is 3.43. The maximum absolute atomic E-state index is 13.5. The topological polar surface area (TPSA) is 66.5 Å². The summed E-state index contributed by atoms with van der Waals surface area (Å²) in [4.78, 5) is 12.6. The van der Waals surface area contributed by atoms with Crippen LogP contribution in [-0.4, -0.2) is 26.6 Å². The number of hydrogen-bond acceptors (Lipinski definition) is 3. The van der Waals surface area contributed by atoms with Gasteiger partial charge in [-0.1, -0.05) is 31.2 Å². The molecule has 0 aromatic heterocycles. The molecule has 0 saturated heterocycles. The van der Waals surface area contributed by atoms with Crippen molar-refractivity contribution >= 4 is 27.3 Å². The number of hydrogen-bond donors (Lipinski definition) is 1. The van der Waals surface area contributed by atoms with Crippen molar-refractivity contribution in [2.45, 2.75) is 26.3 Å². The molecule has 0 heterocycles. The van der Waals surface area contributed by atoms with Crippen LogP contribution in [0.2, 0.25) is 0 Å². The fraction of sp³-hybridized carbons (Fsp3) is 0.278. The molecule has 134 valence electrons. The lowest BCUT2D eigenvalue weighted by atomic mass is 10.1. The molecular weight excluding hydrogens is 343 g/mol. The third-order valence-corrected chi connectivity index (χ3v) is 5.05. The molecule has 0 bridgehead atoms. The minimum Gasteiger partial charge on any atom is -0.324 e. The summed E-state index contributed by atoms with van der Waals surface area (Å²) in [6, 6.07) is 11.4. The Bertz CT molecular complexity index is 868. The SMILES string of the molecule is CCc1ccccc1NC(=O)[C@H](C)N(c1cccc(F)c1)S(C)(=O)=O. The summed E-state index contributed by atoms with van der Waals surface area (Å²) in [5.41, 5.74) is 1.68. The van der Waals surface area contributed by atoms with E-state index in [-0.39, 0.29) is 5.69 Å². The van der Waals surface area contributed by atoms with Gasteiger partial charge in [-0.15, -0.1) is 0 Å². The second-order valence-corrected chi connectivity index (χ2v) is 7.57. The van der Waals surface area contributed by atoms with Crippen LogP contribution >= 0.6 is 0 Å². The van der Waals surface area contributed by atoms with Crippen molar-refractivity contribution in [2.75, 3.05) is 15.9 Å². The Kier molecular flexibility index (Phi) is 5.79. The van der Waals surface area contributed by atoms with Gasteiger partial charge in [0, 0.05) is 5.69 Å². The van der Waals surface area contributed by atoms with Crippen molar-refractivity contribution in [3.8, 4) is 0 Å². The van der Waals surface area contributed by atoms with Crippen molar-refractivity contribution in [3.63, 3.8) is 0 Å². The highest BCUT2D eigenvalue weighted by atomic mass is 32.2. The maximum Gasteiger partial charge on any atom is 0.248 e. The second-order valence-electron chi connectivity index (χ2n) is 5.71. The Morgan fingerprint density at radius 2 is 1.88 bits per heavy atom. The number of sulfonamides is 1. The molecule has 1 atom stereocenters. The van der Waals surface area contributed by atoms with Crippen LogP contribution in [-0.2, 0) is 21.2 Å². The van der Waals surface area contributed by atoms with Crippen LogP contribution in [0.3, 0.4) is 0 Å². The average molecular weight is 364 g/mol. The standard InChI is InChI=1S/C18H21FN2O3S/c1-4-14-8-5-6-11-17(14)20-18(22)13(2)21(25(3,23)24)16-10-7-9-15(19)12-16/h5-13H,4H2,1-3H3,(H,20,22)/t13-/m0/s1. The van der Waals surface area contributed by atoms with Gasteiger partial charge in [0.2, 0.25) is 15.9 Å². The normalized spacial score (nSPS) is 12.5. The van der Waals surface area contributed by atoms with Crippen molar-refractivity contribution in [1.82, 2.24) is 0 Å². The molecule has 0 unspecified atom stereocenters. The molecule has 1 N–H and O–H groups in total. The van der Waals surface area contributed by atoms with E-state index < -0.39 is 27.8 Å². The van der Waals surface area contributed by atoms with Crippen LogP contribution in [0.5, 0.6) is 0 Å². The minimum absolute atomic E-state index is 0.105. The highest BCUT2D eigenvalue weighted by Gasteiger charge is 2.29. The van der Waals surface area contributed by atoms with Gasteiger partial charge in [0.15, 0.2) is 0 Å². The lowest BCUT2D eigenvalue weighted by molar-refractivity contribution is -0.116. The third-order valence-electron chi connectivity index (χ3n) is 3.81. The first-order valence-electron chi connectivity index (χ1n) is 7.87. The summed E-state index contributed by atoms with van der Waals surface area (Å²) < 4.78 is 38.8. The fourth-order valence-electron chi connectivity index (χ4n) is 2.61. The highest BCUT2D eigenvalue weighted by molar-refractivity contribution is 7.92. The molecule has 7 heteroatoms. The van der Waals surface area contributed by atoms with Gasteiger partial charge in [-0.2, -0.15) is 0 Å².